The first-order chi connectivity index (χ1) is 12.4. The Morgan fingerprint density at radius 2 is 1.88 bits per heavy atom. The summed E-state index contributed by atoms with van der Waals surface area (Å²) in [6.07, 6.45) is 0. The highest BCUT2D eigenvalue weighted by atomic mass is 79.9. The van der Waals surface area contributed by atoms with Crippen molar-refractivity contribution >= 4 is 43.3 Å². The van der Waals surface area contributed by atoms with E-state index in [1.165, 1.54) is 25.3 Å². The summed E-state index contributed by atoms with van der Waals surface area (Å²) < 4.78 is 10.8. The number of halogens is 2. The Bertz CT molecular complexity index is 812. The van der Waals surface area contributed by atoms with Gasteiger partial charge in [-0.2, -0.15) is 0 Å². The fourth-order valence-electron chi connectivity index (χ4n) is 2.42. The molecule has 0 aliphatic carbocycles. The topological polar surface area (TPSA) is 78.7 Å². The maximum Gasteiger partial charge on any atom is 0.280 e. The van der Waals surface area contributed by atoms with E-state index in [2.05, 4.69) is 31.9 Å². The Kier molecular flexibility index (Phi) is 7.16. The van der Waals surface area contributed by atoms with Gasteiger partial charge in [-0.3, -0.25) is 14.9 Å². The van der Waals surface area contributed by atoms with Gasteiger partial charge in [-0.15, -0.1) is 0 Å². The Hall–Kier alpha value is -1.93. The molecule has 0 fully saturated rings. The predicted molar refractivity (Wildman–Crippen MR) is 106 cm³/mol. The van der Waals surface area contributed by atoms with E-state index in [-0.39, 0.29) is 17.0 Å². The second-order valence-electron chi connectivity index (χ2n) is 5.29. The fourth-order valence-corrected chi connectivity index (χ4v) is 3.50. The molecule has 0 saturated carbocycles. The molecule has 0 saturated heterocycles. The number of hydrogen-bond acceptors (Lipinski definition) is 5. The van der Waals surface area contributed by atoms with Crippen molar-refractivity contribution in [1.29, 1.82) is 0 Å². The van der Waals surface area contributed by atoms with Gasteiger partial charge in [0.25, 0.3) is 5.69 Å². The zero-order valence-electron chi connectivity index (χ0n) is 14.1. The van der Waals surface area contributed by atoms with Gasteiger partial charge in [-0.1, -0.05) is 50.1 Å². The van der Waals surface area contributed by atoms with Crippen molar-refractivity contribution in [2.24, 2.45) is 0 Å². The number of nitrogens with zero attached hydrogens (tertiary/aromatic N) is 1. The minimum atomic E-state index is -0.703. The molecule has 0 amide bonds. The van der Waals surface area contributed by atoms with E-state index in [0.717, 1.165) is 5.56 Å². The number of nitro groups is 1. The van der Waals surface area contributed by atoms with Crippen LogP contribution in [0.15, 0.2) is 42.5 Å². The van der Waals surface area contributed by atoms with Crippen molar-refractivity contribution < 1.29 is 19.2 Å². The number of alkyl halides is 2. The summed E-state index contributed by atoms with van der Waals surface area (Å²) in [6.45, 7) is 2.38. The number of ketones is 1. The first-order valence-electron chi connectivity index (χ1n) is 7.77. The van der Waals surface area contributed by atoms with Crippen LogP contribution in [0.3, 0.4) is 0 Å². The second kappa shape index (κ2) is 9.14. The lowest BCUT2D eigenvalue weighted by molar-refractivity contribution is -0.385. The van der Waals surface area contributed by atoms with Crippen LogP contribution in [0.4, 0.5) is 5.69 Å². The lowest BCUT2D eigenvalue weighted by Crippen LogP contribution is -2.20. The number of Topliss-reactive ketones (excluding diaryl/α,β-unsaturated/α-hetero) is 1. The van der Waals surface area contributed by atoms with Crippen molar-refractivity contribution in [3.05, 3.63) is 63.7 Å². The molecule has 2 unspecified atom stereocenters. The summed E-state index contributed by atoms with van der Waals surface area (Å²) in [4.78, 5) is 22.3. The maximum atomic E-state index is 12.8. The molecule has 0 radical (unpaired) electrons. The summed E-state index contributed by atoms with van der Waals surface area (Å²) >= 11 is 6.87. The molecule has 0 heterocycles. The number of benzene rings is 2. The van der Waals surface area contributed by atoms with Crippen LogP contribution in [0.2, 0.25) is 0 Å². The number of rotatable bonds is 8. The number of carbonyl (C=O) groups excluding carboxylic acids is 1. The highest BCUT2D eigenvalue weighted by Crippen LogP contribution is 2.38. The lowest BCUT2D eigenvalue weighted by atomic mass is 10.0. The molecule has 0 aromatic heterocycles. The Balaban J connectivity index is 2.31. The van der Waals surface area contributed by atoms with Gasteiger partial charge in [0.05, 0.1) is 33.9 Å². The van der Waals surface area contributed by atoms with Crippen molar-refractivity contribution in [2.45, 2.75) is 16.6 Å². The highest BCUT2D eigenvalue weighted by Gasteiger charge is 2.30. The quantitative estimate of drug-likeness (QED) is 0.225. The van der Waals surface area contributed by atoms with E-state index in [4.69, 9.17) is 9.47 Å². The summed E-state index contributed by atoms with van der Waals surface area (Å²) in [5, 5.41) is 11.2. The Labute approximate surface area is 167 Å². The SMILES string of the molecule is CCOc1ccc(C(Br)C(Br)C(=O)c2ccccc2[N+](=O)[O-])cc1OC. The zero-order chi connectivity index (χ0) is 19.3. The van der Waals surface area contributed by atoms with Gasteiger partial charge in [-0.05, 0) is 30.7 Å². The third-order valence-electron chi connectivity index (χ3n) is 3.68. The zero-order valence-corrected chi connectivity index (χ0v) is 17.3. The third-order valence-corrected chi connectivity index (χ3v) is 6.39. The molecule has 8 heteroatoms. The minimum absolute atomic E-state index is 0.0572. The molecule has 0 aliphatic rings. The van der Waals surface area contributed by atoms with E-state index < -0.39 is 14.6 Å². The number of nitro benzene ring substituents is 1. The third kappa shape index (κ3) is 4.42. The number of carbonyl (C=O) groups is 1. The molecule has 2 atom stereocenters. The molecule has 6 nitrogen and oxygen atoms in total. The minimum Gasteiger partial charge on any atom is -0.493 e. The van der Waals surface area contributed by atoms with Gasteiger partial charge in [-0.25, -0.2) is 0 Å². The molecule has 138 valence electrons. The first kappa shape index (κ1) is 20.4. The average molecular weight is 487 g/mol. The maximum absolute atomic E-state index is 12.8. The van der Waals surface area contributed by atoms with Crippen LogP contribution < -0.4 is 9.47 Å². The van der Waals surface area contributed by atoms with Crippen LogP contribution in [-0.4, -0.2) is 29.3 Å². The van der Waals surface area contributed by atoms with Crippen LogP contribution in [-0.2, 0) is 0 Å². The predicted octanol–water partition coefficient (Wildman–Crippen LogP) is 5.08. The molecule has 0 aliphatic heterocycles. The van der Waals surface area contributed by atoms with Crippen LogP contribution in [0.5, 0.6) is 11.5 Å². The largest absolute Gasteiger partial charge is 0.493 e. The highest BCUT2D eigenvalue weighted by molar-refractivity contribution is 9.12. The van der Waals surface area contributed by atoms with Gasteiger partial charge in [0.2, 0.25) is 0 Å². The number of methoxy groups -OCH3 is 1. The molecule has 0 N–H and O–H groups in total. The molecule has 2 aromatic carbocycles. The van der Waals surface area contributed by atoms with Crippen molar-refractivity contribution in [1.82, 2.24) is 0 Å². The summed E-state index contributed by atoms with van der Waals surface area (Å²) in [5.41, 5.74) is 0.617. The molecule has 2 aromatic rings. The van der Waals surface area contributed by atoms with Gasteiger partial charge < -0.3 is 9.47 Å². The summed E-state index contributed by atoms with van der Waals surface area (Å²) in [7, 11) is 1.54. The van der Waals surface area contributed by atoms with Gasteiger partial charge in [0.15, 0.2) is 17.3 Å². The molecule has 0 spiro atoms. The number of para-hydroxylation sites is 1. The van der Waals surface area contributed by atoms with Crippen LogP contribution in [0.25, 0.3) is 0 Å². The second-order valence-corrected chi connectivity index (χ2v) is 7.26. The van der Waals surface area contributed by atoms with Crippen LogP contribution in [0, 0.1) is 10.1 Å². The molecular weight excluding hydrogens is 470 g/mol. The lowest BCUT2D eigenvalue weighted by Gasteiger charge is -2.18. The van der Waals surface area contributed by atoms with Crippen LogP contribution >= 0.6 is 31.9 Å². The van der Waals surface area contributed by atoms with Gasteiger partial charge in [0.1, 0.15) is 0 Å². The van der Waals surface area contributed by atoms with Gasteiger partial charge in [0, 0.05) is 6.07 Å². The normalized spacial score (nSPS) is 12.9. The molecular formula is C18H17Br2NO5. The van der Waals surface area contributed by atoms with Crippen molar-refractivity contribution in [2.75, 3.05) is 13.7 Å². The number of ether oxygens (including phenoxy) is 2. The van der Waals surface area contributed by atoms with E-state index >= 15 is 0 Å². The van der Waals surface area contributed by atoms with Crippen molar-refractivity contribution in [3.63, 3.8) is 0 Å². The average Bonchev–Trinajstić information content (AvgIpc) is 2.66. The first-order valence-corrected chi connectivity index (χ1v) is 9.60. The molecule has 2 rings (SSSR count). The standard InChI is InChI=1S/C18H17Br2NO5/c1-3-26-14-9-8-11(10-15(14)25-2)16(19)17(20)18(22)12-6-4-5-7-13(12)21(23)24/h4-10,16-17H,3H2,1-2H3. The van der Waals surface area contributed by atoms with Gasteiger partial charge >= 0.3 is 0 Å². The monoisotopic (exact) mass is 485 g/mol. The Morgan fingerprint density at radius 3 is 2.50 bits per heavy atom. The van der Waals surface area contributed by atoms with E-state index in [0.29, 0.717) is 18.1 Å². The van der Waals surface area contributed by atoms with E-state index in [1.807, 2.05) is 13.0 Å². The van der Waals surface area contributed by atoms with Crippen LogP contribution in [0.1, 0.15) is 27.7 Å². The molecule has 26 heavy (non-hydrogen) atoms. The summed E-state index contributed by atoms with van der Waals surface area (Å²) in [6, 6.07) is 11.2. The summed E-state index contributed by atoms with van der Waals surface area (Å²) in [5.74, 6) is 0.772. The smallest absolute Gasteiger partial charge is 0.280 e. The van der Waals surface area contributed by atoms with E-state index in [9.17, 15) is 14.9 Å². The van der Waals surface area contributed by atoms with E-state index in [1.54, 1.807) is 18.2 Å². The number of hydrogen-bond donors (Lipinski definition) is 0. The fraction of sp³-hybridized carbons (Fsp3) is 0.278. The van der Waals surface area contributed by atoms with Crippen molar-refractivity contribution in [3.8, 4) is 11.5 Å². The molecule has 0 bridgehead atoms. The Morgan fingerprint density at radius 1 is 1.19 bits per heavy atom.